The van der Waals surface area contributed by atoms with E-state index >= 15 is 0 Å². The van der Waals surface area contributed by atoms with Crippen LogP contribution in [0.25, 0.3) is 0 Å². The highest BCUT2D eigenvalue weighted by Crippen LogP contribution is 2.65. The number of hydrazone groups is 1. The van der Waals surface area contributed by atoms with Crippen LogP contribution in [0, 0.1) is 35.5 Å². The molecule has 2 saturated carbocycles. The summed E-state index contributed by atoms with van der Waals surface area (Å²) in [4.78, 5) is 25.4. The summed E-state index contributed by atoms with van der Waals surface area (Å²) in [5.41, 5.74) is 0.814. The van der Waals surface area contributed by atoms with Crippen LogP contribution in [0.4, 0.5) is 0 Å². The molecule has 1 aromatic carbocycles. The van der Waals surface area contributed by atoms with Gasteiger partial charge in [0.2, 0.25) is 0 Å². The second kappa shape index (κ2) is 4.54. The van der Waals surface area contributed by atoms with Crippen LogP contribution >= 0.6 is 11.6 Å². The number of benzene rings is 1. The molecule has 23 heavy (non-hydrogen) atoms. The number of amides is 2. The molecule has 0 aromatic heterocycles. The van der Waals surface area contributed by atoms with Crippen LogP contribution in [-0.2, 0) is 9.59 Å². The number of halogens is 1. The number of hydrogen-bond donors (Lipinski definition) is 0. The van der Waals surface area contributed by atoms with E-state index in [1.54, 1.807) is 18.3 Å². The Bertz CT molecular complexity index is 734. The van der Waals surface area contributed by atoms with Gasteiger partial charge in [-0.3, -0.25) is 9.59 Å². The van der Waals surface area contributed by atoms with Gasteiger partial charge in [-0.2, -0.15) is 10.1 Å². The quantitative estimate of drug-likeness (QED) is 0.476. The molecule has 3 fully saturated rings. The third kappa shape index (κ3) is 1.81. The molecule has 1 aromatic rings. The van der Waals surface area contributed by atoms with E-state index in [1.165, 1.54) is 6.42 Å². The lowest BCUT2D eigenvalue weighted by Crippen LogP contribution is -2.40. The zero-order valence-corrected chi connectivity index (χ0v) is 13.1. The van der Waals surface area contributed by atoms with Crippen LogP contribution in [0.5, 0.6) is 0 Å². The third-order valence-electron chi connectivity index (χ3n) is 5.83. The number of rotatable bonds is 2. The first-order valence-corrected chi connectivity index (χ1v) is 8.38. The van der Waals surface area contributed by atoms with Crippen molar-refractivity contribution in [1.82, 2.24) is 5.01 Å². The van der Waals surface area contributed by atoms with Crippen molar-refractivity contribution >= 4 is 29.6 Å². The fourth-order valence-electron chi connectivity index (χ4n) is 4.73. The summed E-state index contributed by atoms with van der Waals surface area (Å²) in [5, 5.41) is 5.93. The molecule has 0 N–H and O–H groups in total. The van der Waals surface area contributed by atoms with Gasteiger partial charge >= 0.3 is 0 Å². The van der Waals surface area contributed by atoms with Gasteiger partial charge in [0.1, 0.15) is 0 Å². The summed E-state index contributed by atoms with van der Waals surface area (Å²) in [6, 6.07) is 7.14. The Hall–Kier alpha value is -1.94. The summed E-state index contributed by atoms with van der Waals surface area (Å²) >= 11 is 5.85. The average Bonchev–Trinajstić information content (AvgIpc) is 3.33. The first-order valence-electron chi connectivity index (χ1n) is 8.01. The van der Waals surface area contributed by atoms with Crippen molar-refractivity contribution in [3.63, 3.8) is 0 Å². The molecule has 0 radical (unpaired) electrons. The van der Waals surface area contributed by atoms with Gasteiger partial charge in [0.15, 0.2) is 0 Å². The smallest absolute Gasteiger partial charge is 0.254 e. The molecule has 6 rings (SSSR count). The number of allylic oxidation sites excluding steroid dienone is 2. The van der Waals surface area contributed by atoms with E-state index in [2.05, 4.69) is 17.3 Å². The van der Waals surface area contributed by atoms with Gasteiger partial charge in [0.05, 0.1) is 18.1 Å². The Morgan fingerprint density at radius 1 is 1.00 bits per heavy atom. The monoisotopic (exact) mass is 326 g/mol. The number of hydrogen-bond acceptors (Lipinski definition) is 3. The molecule has 4 aliphatic carbocycles. The fraction of sp³-hybridized carbons (Fsp3) is 0.389. The van der Waals surface area contributed by atoms with Crippen molar-refractivity contribution in [2.24, 2.45) is 40.6 Å². The molecule has 2 amide bonds. The van der Waals surface area contributed by atoms with Gasteiger partial charge in [0, 0.05) is 5.02 Å². The molecule has 5 heteroatoms. The Morgan fingerprint density at radius 2 is 1.57 bits per heavy atom. The highest BCUT2D eigenvalue weighted by atomic mass is 35.5. The maximum absolute atomic E-state index is 12.7. The van der Waals surface area contributed by atoms with E-state index in [-0.39, 0.29) is 35.5 Å². The number of carbonyl (C=O) groups excluding carboxylic acids is 2. The molecule has 1 saturated heterocycles. The summed E-state index contributed by atoms with van der Waals surface area (Å²) in [5.74, 6) is 1.06. The van der Waals surface area contributed by atoms with Crippen molar-refractivity contribution in [2.75, 3.05) is 0 Å². The van der Waals surface area contributed by atoms with Crippen molar-refractivity contribution in [2.45, 2.75) is 6.42 Å². The van der Waals surface area contributed by atoms with E-state index in [9.17, 15) is 9.59 Å². The summed E-state index contributed by atoms with van der Waals surface area (Å²) < 4.78 is 0. The van der Waals surface area contributed by atoms with Gasteiger partial charge in [0.25, 0.3) is 11.8 Å². The molecule has 2 bridgehead atoms. The molecule has 4 nitrogen and oxygen atoms in total. The van der Waals surface area contributed by atoms with Crippen LogP contribution in [0.15, 0.2) is 41.5 Å². The Kier molecular flexibility index (Phi) is 2.66. The van der Waals surface area contributed by atoms with Gasteiger partial charge in [-0.05, 0) is 47.8 Å². The normalized spacial score (nSPS) is 40.0. The lowest BCUT2D eigenvalue weighted by atomic mass is 9.63. The fourth-order valence-corrected chi connectivity index (χ4v) is 4.85. The molecular weight excluding hydrogens is 312 g/mol. The summed E-state index contributed by atoms with van der Waals surface area (Å²) in [6.07, 6.45) is 7.05. The molecule has 5 aliphatic rings. The van der Waals surface area contributed by atoms with Gasteiger partial charge < -0.3 is 0 Å². The highest BCUT2D eigenvalue weighted by Gasteiger charge is 2.67. The zero-order chi connectivity index (χ0) is 15.7. The van der Waals surface area contributed by atoms with Gasteiger partial charge in [-0.25, -0.2) is 0 Å². The van der Waals surface area contributed by atoms with Crippen LogP contribution in [0.1, 0.15) is 12.0 Å². The Balaban J connectivity index is 1.44. The van der Waals surface area contributed by atoms with Crippen LogP contribution in [0.2, 0.25) is 5.02 Å². The van der Waals surface area contributed by atoms with E-state index in [1.807, 2.05) is 12.1 Å². The number of nitrogens with zero attached hydrogens (tertiary/aromatic N) is 2. The maximum atomic E-state index is 12.7. The van der Waals surface area contributed by atoms with Crippen LogP contribution in [0.3, 0.4) is 0 Å². The van der Waals surface area contributed by atoms with Crippen molar-refractivity contribution in [3.05, 3.63) is 47.0 Å². The highest BCUT2D eigenvalue weighted by molar-refractivity contribution is 6.30. The molecule has 1 aliphatic heterocycles. The molecule has 0 spiro atoms. The SMILES string of the molecule is O=C1[C@H]2[C@@H]3C=C[C@H]([C@H]4C[C@H]34)[C@@H]2C(=O)N1/N=C\c1ccc(Cl)cc1. The topological polar surface area (TPSA) is 49.7 Å². The zero-order valence-electron chi connectivity index (χ0n) is 12.3. The number of imide groups is 1. The van der Waals surface area contributed by atoms with E-state index in [4.69, 9.17) is 11.6 Å². The van der Waals surface area contributed by atoms with Gasteiger partial charge in [-0.1, -0.05) is 35.9 Å². The van der Waals surface area contributed by atoms with E-state index in [0.29, 0.717) is 16.9 Å². The molecule has 0 unspecified atom stereocenters. The average molecular weight is 327 g/mol. The van der Waals surface area contributed by atoms with Crippen LogP contribution < -0.4 is 0 Å². The molecule has 116 valence electrons. The standard InChI is InChI=1S/C18H15ClN2O2/c19-10-3-1-9(2-4-10)8-20-21-17(22)15-11-5-6-12(14-7-13(11)14)16(15)18(21)23/h1-6,8,11-16H,7H2/b20-8-/t11-,12-,13-,14-,15+,16+/m1/s1. The summed E-state index contributed by atoms with van der Waals surface area (Å²) in [6.45, 7) is 0. The maximum Gasteiger partial charge on any atom is 0.254 e. The molecule has 1 heterocycles. The second-order valence-electron chi connectivity index (χ2n) is 6.94. The minimum absolute atomic E-state index is 0.130. The Morgan fingerprint density at radius 3 is 2.13 bits per heavy atom. The first-order chi connectivity index (χ1) is 11.1. The minimum atomic E-state index is -0.191. The molecular formula is C18H15ClN2O2. The third-order valence-corrected chi connectivity index (χ3v) is 6.08. The predicted octanol–water partition coefficient (Wildman–Crippen LogP) is 2.73. The van der Waals surface area contributed by atoms with Crippen molar-refractivity contribution in [1.29, 1.82) is 0 Å². The predicted molar refractivity (Wildman–Crippen MR) is 85.6 cm³/mol. The number of carbonyl (C=O) groups is 2. The molecule has 6 atom stereocenters. The van der Waals surface area contributed by atoms with Crippen molar-refractivity contribution in [3.8, 4) is 0 Å². The second-order valence-corrected chi connectivity index (χ2v) is 7.38. The summed E-state index contributed by atoms with van der Waals surface area (Å²) in [7, 11) is 0. The van der Waals surface area contributed by atoms with Crippen LogP contribution in [-0.4, -0.2) is 23.0 Å². The Labute approximate surface area is 138 Å². The lowest BCUT2D eigenvalue weighted by molar-refractivity contribution is -0.140. The minimum Gasteiger partial charge on any atom is -0.272 e. The van der Waals surface area contributed by atoms with E-state index < -0.39 is 0 Å². The van der Waals surface area contributed by atoms with Crippen molar-refractivity contribution < 1.29 is 9.59 Å². The lowest BCUT2D eigenvalue weighted by Gasteiger charge is -2.37. The van der Waals surface area contributed by atoms with E-state index in [0.717, 1.165) is 10.6 Å². The first kappa shape index (κ1) is 13.5. The largest absolute Gasteiger partial charge is 0.272 e. The van der Waals surface area contributed by atoms with Gasteiger partial charge in [-0.15, -0.1) is 0 Å².